The highest BCUT2D eigenvalue weighted by Gasteiger charge is 2.32. The minimum Gasteiger partial charge on any atom is -0.444 e. The van der Waals surface area contributed by atoms with Crippen molar-refractivity contribution in [2.45, 2.75) is 18.9 Å². The first-order chi connectivity index (χ1) is 10.2. The molecule has 1 fully saturated rings. The van der Waals surface area contributed by atoms with Gasteiger partial charge >= 0.3 is 6.09 Å². The number of benzene rings is 1. The molecular weight excluding hydrogens is 266 g/mol. The molecule has 0 aliphatic carbocycles. The number of pyridine rings is 1. The van der Waals surface area contributed by atoms with Crippen molar-refractivity contribution in [1.82, 2.24) is 4.98 Å². The number of aromatic nitrogens is 1. The Balaban J connectivity index is 1.62. The van der Waals surface area contributed by atoms with Crippen LogP contribution in [0.25, 0.3) is 0 Å². The fourth-order valence-corrected chi connectivity index (χ4v) is 2.46. The first-order valence-corrected chi connectivity index (χ1v) is 6.96. The molecular formula is C16H17N3O2. The Morgan fingerprint density at radius 2 is 2.10 bits per heavy atom. The van der Waals surface area contributed by atoms with Gasteiger partial charge in [-0.25, -0.2) is 9.78 Å². The quantitative estimate of drug-likeness (QED) is 0.936. The molecule has 0 radical (unpaired) electrons. The summed E-state index contributed by atoms with van der Waals surface area (Å²) in [6.45, 7) is 0.551. The predicted octanol–water partition coefficient (Wildman–Crippen LogP) is 2.62. The number of hydrogen-bond donors (Lipinski definition) is 1. The topological polar surface area (TPSA) is 68.4 Å². The third kappa shape index (κ3) is 3.13. The highest BCUT2D eigenvalue weighted by molar-refractivity contribution is 5.90. The van der Waals surface area contributed by atoms with Crippen LogP contribution in [0.5, 0.6) is 0 Å². The van der Waals surface area contributed by atoms with E-state index in [1.807, 2.05) is 18.2 Å². The van der Waals surface area contributed by atoms with Gasteiger partial charge in [0.15, 0.2) is 0 Å². The molecule has 3 rings (SSSR count). The second-order valence-corrected chi connectivity index (χ2v) is 5.08. The van der Waals surface area contributed by atoms with Gasteiger partial charge in [0, 0.05) is 12.3 Å². The van der Waals surface area contributed by atoms with Gasteiger partial charge in [-0.1, -0.05) is 30.3 Å². The largest absolute Gasteiger partial charge is 0.444 e. The van der Waals surface area contributed by atoms with Crippen LogP contribution in [-0.4, -0.2) is 23.7 Å². The number of nitrogens with two attached hydrogens (primary N) is 1. The Bertz CT molecular complexity index is 630. The van der Waals surface area contributed by atoms with Crippen LogP contribution in [0.4, 0.5) is 16.3 Å². The van der Waals surface area contributed by atoms with Gasteiger partial charge in [-0.3, -0.25) is 4.90 Å². The van der Waals surface area contributed by atoms with Crippen LogP contribution in [0, 0.1) is 0 Å². The molecule has 1 atom stereocenters. The van der Waals surface area contributed by atoms with Crippen molar-refractivity contribution < 1.29 is 9.53 Å². The number of amides is 1. The number of carbonyl (C=O) groups excluding carboxylic acids is 1. The molecule has 2 aromatic rings. The number of hydrogen-bond acceptors (Lipinski definition) is 4. The van der Waals surface area contributed by atoms with Crippen LogP contribution >= 0.6 is 0 Å². The molecule has 5 nitrogen and oxygen atoms in total. The van der Waals surface area contributed by atoms with E-state index in [-0.39, 0.29) is 12.2 Å². The Kier molecular flexibility index (Phi) is 3.73. The van der Waals surface area contributed by atoms with Crippen LogP contribution in [0.3, 0.4) is 0 Å². The second kappa shape index (κ2) is 5.83. The first kappa shape index (κ1) is 13.4. The van der Waals surface area contributed by atoms with Crippen LogP contribution in [0.1, 0.15) is 12.0 Å². The fraction of sp³-hybridized carbons (Fsp3) is 0.250. The molecule has 1 unspecified atom stereocenters. The molecule has 1 aliphatic rings. The highest BCUT2D eigenvalue weighted by atomic mass is 16.6. The van der Waals surface area contributed by atoms with E-state index in [1.165, 1.54) is 5.56 Å². The molecule has 0 spiro atoms. The molecule has 1 amide bonds. The van der Waals surface area contributed by atoms with Crippen molar-refractivity contribution in [2.75, 3.05) is 17.2 Å². The third-order valence-electron chi connectivity index (χ3n) is 3.55. The van der Waals surface area contributed by atoms with Gasteiger partial charge in [0.25, 0.3) is 0 Å². The fourth-order valence-electron chi connectivity index (χ4n) is 2.46. The molecule has 1 aromatic carbocycles. The second-order valence-electron chi connectivity index (χ2n) is 5.08. The van der Waals surface area contributed by atoms with Crippen LogP contribution in [-0.2, 0) is 11.2 Å². The minimum atomic E-state index is -0.321. The molecule has 0 saturated carbocycles. The number of cyclic esters (lactones) is 1. The van der Waals surface area contributed by atoms with Gasteiger partial charge in [-0.05, 0) is 24.5 Å². The number of ether oxygens (including phenoxy) is 1. The van der Waals surface area contributed by atoms with Gasteiger partial charge in [-0.2, -0.15) is 0 Å². The summed E-state index contributed by atoms with van der Waals surface area (Å²) in [5.41, 5.74) is 7.63. The standard InChI is InChI=1S/C16H17N3O2/c17-15-10-13(8-9-18-15)19-11-14(21-16(19)20)7-6-12-4-2-1-3-5-12/h1-5,8-10,14H,6-7,11H2,(H2,17,18). The summed E-state index contributed by atoms with van der Waals surface area (Å²) < 4.78 is 5.42. The van der Waals surface area contributed by atoms with Gasteiger partial charge in [0.2, 0.25) is 0 Å². The molecule has 1 aliphatic heterocycles. The SMILES string of the molecule is Nc1cc(N2CC(CCc3ccccc3)OC2=O)ccn1. The van der Waals surface area contributed by atoms with E-state index in [4.69, 9.17) is 10.5 Å². The smallest absolute Gasteiger partial charge is 0.414 e. The van der Waals surface area contributed by atoms with E-state index in [9.17, 15) is 4.79 Å². The van der Waals surface area contributed by atoms with Crippen molar-refractivity contribution >= 4 is 17.6 Å². The number of carbonyl (C=O) groups is 1. The number of nitrogens with zero attached hydrogens (tertiary/aromatic N) is 2. The average molecular weight is 283 g/mol. The molecule has 1 aromatic heterocycles. The lowest BCUT2D eigenvalue weighted by atomic mass is 10.1. The van der Waals surface area contributed by atoms with E-state index in [0.29, 0.717) is 12.4 Å². The zero-order valence-electron chi connectivity index (χ0n) is 11.6. The maximum atomic E-state index is 12.0. The lowest BCUT2D eigenvalue weighted by Gasteiger charge is -2.12. The lowest BCUT2D eigenvalue weighted by Crippen LogP contribution is -2.24. The Hall–Kier alpha value is -2.56. The van der Waals surface area contributed by atoms with Gasteiger partial charge in [0.05, 0.1) is 12.2 Å². The lowest BCUT2D eigenvalue weighted by molar-refractivity contribution is 0.137. The highest BCUT2D eigenvalue weighted by Crippen LogP contribution is 2.24. The molecule has 5 heteroatoms. The Labute approximate surface area is 123 Å². The summed E-state index contributed by atoms with van der Waals surface area (Å²) in [4.78, 5) is 17.5. The summed E-state index contributed by atoms with van der Waals surface area (Å²) in [5, 5.41) is 0. The summed E-state index contributed by atoms with van der Waals surface area (Å²) >= 11 is 0. The number of aryl methyl sites for hydroxylation is 1. The molecule has 2 N–H and O–H groups in total. The summed E-state index contributed by atoms with van der Waals surface area (Å²) in [7, 11) is 0. The minimum absolute atomic E-state index is 0.0907. The van der Waals surface area contributed by atoms with E-state index in [1.54, 1.807) is 23.2 Å². The van der Waals surface area contributed by atoms with E-state index >= 15 is 0 Å². The van der Waals surface area contributed by atoms with Gasteiger partial charge in [-0.15, -0.1) is 0 Å². The number of rotatable bonds is 4. The van der Waals surface area contributed by atoms with E-state index in [2.05, 4.69) is 17.1 Å². The van der Waals surface area contributed by atoms with Crippen molar-refractivity contribution in [3.05, 3.63) is 54.2 Å². The predicted molar refractivity (Wildman–Crippen MR) is 81.0 cm³/mol. The van der Waals surface area contributed by atoms with Crippen molar-refractivity contribution in [2.24, 2.45) is 0 Å². The van der Waals surface area contributed by atoms with Crippen LogP contribution in [0.2, 0.25) is 0 Å². The third-order valence-corrected chi connectivity index (χ3v) is 3.55. The van der Waals surface area contributed by atoms with Crippen molar-refractivity contribution in [3.8, 4) is 0 Å². The summed E-state index contributed by atoms with van der Waals surface area (Å²) in [6, 6.07) is 13.6. The van der Waals surface area contributed by atoms with E-state index < -0.39 is 0 Å². The van der Waals surface area contributed by atoms with Crippen molar-refractivity contribution in [1.29, 1.82) is 0 Å². The maximum absolute atomic E-state index is 12.0. The molecule has 108 valence electrons. The number of nitrogen functional groups attached to an aromatic ring is 1. The average Bonchev–Trinajstić information content (AvgIpc) is 2.87. The Morgan fingerprint density at radius 3 is 2.86 bits per heavy atom. The summed E-state index contributed by atoms with van der Waals surface area (Å²) in [6.07, 6.45) is 2.89. The van der Waals surface area contributed by atoms with Gasteiger partial charge in [0.1, 0.15) is 11.9 Å². The van der Waals surface area contributed by atoms with Crippen LogP contribution in [0.15, 0.2) is 48.7 Å². The molecule has 2 heterocycles. The van der Waals surface area contributed by atoms with Crippen molar-refractivity contribution in [3.63, 3.8) is 0 Å². The van der Waals surface area contributed by atoms with Crippen LogP contribution < -0.4 is 10.6 Å². The Morgan fingerprint density at radius 1 is 1.29 bits per heavy atom. The zero-order chi connectivity index (χ0) is 14.7. The zero-order valence-corrected chi connectivity index (χ0v) is 11.6. The van der Waals surface area contributed by atoms with Gasteiger partial charge < -0.3 is 10.5 Å². The normalized spacial score (nSPS) is 17.8. The summed E-state index contributed by atoms with van der Waals surface area (Å²) in [5.74, 6) is 0.396. The monoisotopic (exact) mass is 283 g/mol. The van der Waals surface area contributed by atoms with E-state index in [0.717, 1.165) is 18.5 Å². The first-order valence-electron chi connectivity index (χ1n) is 6.96. The molecule has 21 heavy (non-hydrogen) atoms. The number of anilines is 2. The molecule has 1 saturated heterocycles. The maximum Gasteiger partial charge on any atom is 0.414 e. The molecule has 0 bridgehead atoms.